The first-order valence-corrected chi connectivity index (χ1v) is 7.70. The fourth-order valence-corrected chi connectivity index (χ4v) is 2.19. The van der Waals surface area contributed by atoms with E-state index in [4.69, 9.17) is 4.74 Å². The fraction of sp³-hybridized carbons (Fsp3) is 0.938. The minimum Gasteiger partial charge on any atom is -0.385 e. The van der Waals surface area contributed by atoms with Crippen LogP contribution < -0.4 is 0 Å². The molecule has 0 bridgehead atoms. The summed E-state index contributed by atoms with van der Waals surface area (Å²) in [5, 5.41) is 0. The van der Waals surface area contributed by atoms with Gasteiger partial charge in [0.1, 0.15) is 0 Å². The lowest BCUT2D eigenvalue weighted by Crippen LogP contribution is -1.88. The summed E-state index contributed by atoms with van der Waals surface area (Å²) in [6.45, 7) is 4.81. The van der Waals surface area contributed by atoms with E-state index in [9.17, 15) is 0 Å². The smallest absolute Gasteiger partial charge is 0.0462 e. The summed E-state index contributed by atoms with van der Waals surface area (Å²) < 4.78 is 5.04. The molecule has 0 aromatic carbocycles. The first-order chi connectivity index (χ1) is 8.41. The van der Waals surface area contributed by atoms with Gasteiger partial charge in [0, 0.05) is 13.7 Å². The predicted octanol–water partition coefficient (Wildman–Crippen LogP) is 5.54. The molecule has 103 valence electrons. The third-order valence-corrected chi connectivity index (χ3v) is 3.35. The van der Waals surface area contributed by atoms with Crippen molar-refractivity contribution in [3.63, 3.8) is 0 Å². The summed E-state index contributed by atoms with van der Waals surface area (Å²) in [4.78, 5) is 0. The van der Waals surface area contributed by atoms with Crippen molar-refractivity contribution in [2.24, 2.45) is 0 Å². The van der Waals surface area contributed by atoms with Crippen molar-refractivity contribution in [1.29, 1.82) is 0 Å². The van der Waals surface area contributed by atoms with Crippen LogP contribution in [0.5, 0.6) is 0 Å². The zero-order valence-corrected chi connectivity index (χ0v) is 12.0. The van der Waals surface area contributed by atoms with E-state index >= 15 is 0 Å². The maximum atomic E-state index is 5.04. The van der Waals surface area contributed by atoms with E-state index in [1.54, 1.807) is 7.11 Å². The van der Waals surface area contributed by atoms with E-state index in [2.05, 4.69) is 6.92 Å². The van der Waals surface area contributed by atoms with Gasteiger partial charge < -0.3 is 4.74 Å². The summed E-state index contributed by atoms with van der Waals surface area (Å²) in [5.41, 5.74) is 0. The first-order valence-electron chi connectivity index (χ1n) is 7.70. The van der Waals surface area contributed by atoms with Crippen LogP contribution in [0.2, 0.25) is 0 Å². The average molecular weight is 241 g/mol. The highest BCUT2D eigenvalue weighted by Gasteiger charge is 1.93. The fourth-order valence-electron chi connectivity index (χ4n) is 2.19. The van der Waals surface area contributed by atoms with Gasteiger partial charge in [0.05, 0.1) is 0 Å². The van der Waals surface area contributed by atoms with E-state index < -0.39 is 0 Å². The molecule has 0 rings (SSSR count). The Morgan fingerprint density at radius 2 is 0.941 bits per heavy atom. The molecule has 17 heavy (non-hydrogen) atoms. The molecule has 0 saturated carbocycles. The molecule has 0 aromatic heterocycles. The summed E-state index contributed by atoms with van der Waals surface area (Å²) in [6.07, 6.45) is 17.9. The topological polar surface area (TPSA) is 9.23 Å². The summed E-state index contributed by atoms with van der Waals surface area (Å²) in [7, 11) is 1.79. The van der Waals surface area contributed by atoms with Crippen molar-refractivity contribution in [2.45, 2.75) is 83.5 Å². The molecule has 1 nitrogen and oxygen atoms in total. The van der Waals surface area contributed by atoms with Gasteiger partial charge >= 0.3 is 0 Å². The van der Waals surface area contributed by atoms with Crippen LogP contribution in [0.25, 0.3) is 0 Å². The van der Waals surface area contributed by atoms with Crippen molar-refractivity contribution in [2.75, 3.05) is 13.7 Å². The Labute approximate surface area is 109 Å². The number of unbranched alkanes of at least 4 members (excludes halogenated alkanes) is 12. The predicted molar refractivity (Wildman–Crippen MR) is 77.3 cm³/mol. The van der Waals surface area contributed by atoms with E-state index in [1.807, 2.05) is 0 Å². The second kappa shape index (κ2) is 16.0. The molecule has 0 spiro atoms. The van der Waals surface area contributed by atoms with Crippen LogP contribution in [0.1, 0.15) is 83.5 Å². The number of methoxy groups -OCH3 is 1. The molecule has 0 fully saturated rings. The average Bonchev–Trinajstić information content (AvgIpc) is 2.35. The normalized spacial score (nSPS) is 10.9. The second-order valence-electron chi connectivity index (χ2n) is 5.09. The highest BCUT2D eigenvalue weighted by Crippen LogP contribution is 2.12. The van der Waals surface area contributed by atoms with Gasteiger partial charge in [-0.2, -0.15) is 0 Å². The summed E-state index contributed by atoms with van der Waals surface area (Å²) >= 11 is 0. The number of hydrogen-bond acceptors (Lipinski definition) is 1. The Bertz CT molecular complexity index is 109. The minimum atomic E-state index is 0.938. The summed E-state index contributed by atoms with van der Waals surface area (Å²) in [5.74, 6) is 0. The highest BCUT2D eigenvalue weighted by atomic mass is 16.5. The van der Waals surface area contributed by atoms with E-state index in [1.165, 1.54) is 77.0 Å². The van der Waals surface area contributed by atoms with Crippen molar-refractivity contribution in [3.8, 4) is 0 Å². The second-order valence-corrected chi connectivity index (χ2v) is 5.09. The molecule has 0 N–H and O–H groups in total. The monoisotopic (exact) mass is 241 g/mol. The molecule has 1 heteroatoms. The van der Waals surface area contributed by atoms with Gasteiger partial charge in [-0.15, -0.1) is 0 Å². The lowest BCUT2D eigenvalue weighted by Gasteiger charge is -2.02. The Hall–Kier alpha value is -0.0400. The molecule has 1 radical (unpaired) electrons. The van der Waals surface area contributed by atoms with E-state index in [0.717, 1.165) is 13.0 Å². The Balaban J connectivity index is 2.85. The maximum absolute atomic E-state index is 5.04. The van der Waals surface area contributed by atoms with Crippen LogP contribution in [0.4, 0.5) is 0 Å². The van der Waals surface area contributed by atoms with Crippen molar-refractivity contribution >= 4 is 0 Å². The van der Waals surface area contributed by atoms with Crippen molar-refractivity contribution in [1.82, 2.24) is 0 Å². The molecule has 0 heterocycles. The zero-order chi connectivity index (χ0) is 12.6. The third-order valence-electron chi connectivity index (χ3n) is 3.35. The van der Waals surface area contributed by atoms with Gasteiger partial charge in [0.2, 0.25) is 0 Å². The van der Waals surface area contributed by atoms with E-state index in [0.29, 0.717) is 0 Å². The van der Waals surface area contributed by atoms with Crippen LogP contribution in [0.15, 0.2) is 0 Å². The largest absolute Gasteiger partial charge is 0.385 e. The highest BCUT2D eigenvalue weighted by molar-refractivity contribution is 4.49. The molecule has 0 amide bonds. The van der Waals surface area contributed by atoms with Crippen molar-refractivity contribution in [3.05, 3.63) is 6.92 Å². The molecule has 0 aliphatic heterocycles. The molecular formula is C16H33O. The van der Waals surface area contributed by atoms with Crippen LogP contribution in [0.3, 0.4) is 0 Å². The zero-order valence-electron chi connectivity index (χ0n) is 12.0. The molecule has 0 atom stereocenters. The first kappa shape index (κ1) is 17.0. The lowest BCUT2D eigenvalue weighted by molar-refractivity contribution is 0.192. The minimum absolute atomic E-state index is 0.938. The Kier molecular flexibility index (Phi) is 15.9. The molecule has 0 aromatic rings. The number of ether oxygens (including phenoxy) is 1. The van der Waals surface area contributed by atoms with Crippen LogP contribution in [0, 0.1) is 6.92 Å². The third kappa shape index (κ3) is 16.0. The Morgan fingerprint density at radius 1 is 0.588 bits per heavy atom. The summed E-state index contributed by atoms with van der Waals surface area (Å²) in [6, 6.07) is 0. The van der Waals surface area contributed by atoms with E-state index in [-0.39, 0.29) is 0 Å². The SMILES string of the molecule is [CH2]CCCCCCCCCCCCCCOC. The van der Waals surface area contributed by atoms with Crippen LogP contribution in [-0.4, -0.2) is 13.7 Å². The maximum Gasteiger partial charge on any atom is 0.0462 e. The van der Waals surface area contributed by atoms with Gasteiger partial charge in [0.15, 0.2) is 0 Å². The number of rotatable bonds is 14. The van der Waals surface area contributed by atoms with Gasteiger partial charge in [-0.3, -0.25) is 0 Å². The molecule has 0 aliphatic rings. The van der Waals surface area contributed by atoms with Gasteiger partial charge in [-0.25, -0.2) is 0 Å². The van der Waals surface area contributed by atoms with Crippen LogP contribution in [-0.2, 0) is 4.74 Å². The molecule has 0 unspecified atom stereocenters. The van der Waals surface area contributed by atoms with Crippen LogP contribution >= 0.6 is 0 Å². The number of hydrogen-bond donors (Lipinski definition) is 0. The quantitative estimate of drug-likeness (QED) is 0.363. The Morgan fingerprint density at radius 3 is 1.29 bits per heavy atom. The molecule has 0 saturated heterocycles. The van der Waals surface area contributed by atoms with Gasteiger partial charge in [-0.1, -0.05) is 84.0 Å². The lowest BCUT2D eigenvalue weighted by atomic mass is 10.0. The van der Waals surface area contributed by atoms with Crippen molar-refractivity contribution < 1.29 is 4.74 Å². The molecule has 0 aliphatic carbocycles. The molecular weight excluding hydrogens is 208 g/mol. The van der Waals surface area contributed by atoms with Gasteiger partial charge in [-0.05, 0) is 6.42 Å². The van der Waals surface area contributed by atoms with Gasteiger partial charge in [0.25, 0.3) is 0 Å². The standard InChI is InChI=1S/C16H33O/c1-3-4-5-6-7-8-9-10-11-12-13-14-15-16-17-2/h1,3-16H2,2H3.